The van der Waals surface area contributed by atoms with E-state index < -0.39 is 0 Å². The fourth-order valence-corrected chi connectivity index (χ4v) is 6.66. The Morgan fingerprint density at radius 1 is 0.949 bits per heavy atom. The number of hydrogen-bond acceptors (Lipinski definition) is 3. The molecule has 0 heterocycles. The molecule has 0 saturated heterocycles. The molecular weight excluding hydrogens is 492 g/mol. The lowest BCUT2D eigenvalue weighted by Gasteiger charge is -2.33. The second-order valence-electron chi connectivity index (χ2n) is 10.7. The Balaban J connectivity index is 1.84. The minimum absolute atomic E-state index is 0.0605. The highest BCUT2D eigenvalue weighted by atomic mass is 32.2. The fourth-order valence-electron chi connectivity index (χ4n) is 6.26. The first-order valence-electron chi connectivity index (χ1n) is 14.6. The van der Waals surface area contributed by atoms with Gasteiger partial charge in [0.25, 0.3) is 0 Å². The molecule has 2 aromatic rings. The van der Waals surface area contributed by atoms with E-state index in [1.165, 1.54) is 91.1 Å². The molecule has 0 spiro atoms. The third-order valence-corrected chi connectivity index (χ3v) is 8.71. The fraction of sp³-hybridized carbons (Fsp3) is 0.389. The van der Waals surface area contributed by atoms with Crippen molar-refractivity contribution in [2.24, 2.45) is 4.40 Å². The summed E-state index contributed by atoms with van der Waals surface area (Å²) in [7, 11) is 0. The number of nitrogens with zero attached hydrogens (tertiary/aromatic N) is 2. The third-order valence-electron chi connectivity index (χ3n) is 8.34. The number of nitriles is 1. The second kappa shape index (κ2) is 13.3. The van der Waals surface area contributed by atoms with Crippen molar-refractivity contribution in [1.82, 2.24) is 0 Å². The predicted molar refractivity (Wildman–Crippen MR) is 171 cm³/mol. The molecule has 0 aromatic heterocycles. The lowest BCUT2D eigenvalue weighted by atomic mass is 9.70. The number of allylic oxidation sites excluding steroid dienone is 7. The largest absolute Gasteiger partial charge is 0.216 e. The van der Waals surface area contributed by atoms with Gasteiger partial charge in [0, 0.05) is 28.4 Å². The maximum absolute atomic E-state index is 9.51. The highest BCUT2D eigenvalue weighted by Gasteiger charge is 2.42. The van der Waals surface area contributed by atoms with Crippen LogP contribution in [0.4, 0.5) is 0 Å². The lowest BCUT2D eigenvalue weighted by molar-refractivity contribution is 0.407. The Morgan fingerprint density at radius 3 is 2.41 bits per heavy atom. The molecule has 2 aromatic carbocycles. The quantitative estimate of drug-likeness (QED) is 0.154. The van der Waals surface area contributed by atoms with Crippen LogP contribution in [0.25, 0.3) is 16.7 Å². The van der Waals surface area contributed by atoms with E-state index >= 15 is 0 Å². The summed E-state index contributed by atoms with van der Waals surface area (Å²) in [5, 5.41) is 9.51. The molecule has 0 fully saturated rings. The molecule has 2 aliphatic carbocycles. The Hall–Kier alpha value is -3.09. The average molecular weight is 535 g/mol. The van der Waals surface area contributed by atoms with Crippen LogP contribution in [0.2, 0.25) is 0 Å². The van der Waals surface area contributed by atoms with Gasteiger partial charge in [-0.25, -0.2) is 4.40 Å². The average Bonchev–Trinajstić information content (AvgIpc) is 3.24. The van der Waals surface area contributed by atoms with Crippen LogP contribution in [0.1, 0.15) is 95.2 Å². The summed E-state index contributed by atoms with van der Waals surface area (Å²) in [6.07, 6.45) is 18.8. The molecule has 0 bridgehead atoms. The van der Waals surface area contributed by atoms with Gasteiger partial charge in [-0.05, 0) is 76.7 Å². The molecule has 0 amide bonds. The molecule has 3 heteroatoms. The summed E-state index contributed by atoms with van der Waals surface area (Å²) < 4.78 is 4.75. The first-order chi connectivity index (χ1) is 19.0. The molecule has 39 heavy (non-hydrogen) atoms. The van der Waals surface area contributed by atoms with E-state index in [0.29, 0.717) is 6.42 Å². The molecule has 2 aliphatic rings. The van der Waals surface area contributed by atoms with Crippen molar-refractivity contribution in [2.45, 2.75) is 84.0 Å². The smallest absolute Gasteiger partial charge is 0.0947 e. The zero-order chi connectivity index (χ0) is 27.8. The van der Waals surface area contributed by atoms with Crippen molar-refractivity contribution in [3.05, 3.63) is 101 Å². The highest BCUT2D eigenvalue weighted by molar-refractivity contribution is 7.97. The molecule has 1 atom stereocenters. The Bertz CT molecular complexity index is 1380. The van der Waals surface area contributed by atoms with Crippen molar-refractivity contribution >= 4 is 23.2 Å². The van der Waals surface area contributed by atoms with Crippen LogP contribution in [0.15, 0.2) is 88.4 Å². The van der Waals surface area contributed by atoms with E-state index in [1.54, 1.807) is 0 Å². The van der Waals surface area contributed by atoms with Gasteiger partial charge in [-0.2, -0.15) is 5.26 Å². The normalized spacial score (nSPS) is 19.4. The van der Waals surface area contributed by atoms with Crippen molar-refractivity contribution < 1.29 is 0 Å². The molecule has 0 aliphatic heterocycles. The Morgan fingerprint density at radius 2 is 1.69 bits per heavy atom. The van der Waals surface area contributed by atoms with Crippen LogP contribution in [0.3, 0.4) is 0 Å². The minimum Gasteiger partial charge on any atom is -0.216 e. The van der Waals surface area contributed by atoms with Crippen LogP contribution in [-0.4, -0.2) is 12.0 Å². The van der Waals surface area contributed by atoms with E-state index in [1.807, 2.05) is 19.3 Å². The molecule has 0 saturated carbocycles. The molecule has 0 radical (unpaired) electrons. The van der Waals surface area contributed by atoms with E-state index in [-0.39, 0.29) is 5.41 Å². The molecule has 4 rings (SSSR count). The summed E-state index contributed by atoms with van der Waals surface area (Å²) in [6, 6.07) is 18.5. The SMILES string of the molecule is C=C1C(c2ccc3c(c2)C(CCCC)(CCCCCC)c2ccccc2-3)=CC=C(/C=C(/C#N)CC)/C1=N/SC. The number of benzene rings is 2. The standard InChI is InChI=1S/C36H42N2S/c1-6-9-11-14-22-36(21-10-7-2)33-16-13-12-15-31(33)32-20-17-28(24-34(32)36)30-19-18-29(23-27(8-3)25-37)35(26(30)4)38-39-5/h12-13,15-20,23-24H,4,6-11,14,21-22H2,1-3,5H3/b27-23+,38-35+. The van der Waals surface area contributed by atoms with E-state index in [2.05, 4.69) is 81.1 Å². The van der Waals surface area contributed by atoms with Crippen molar-refractivity contribution in [1.29, 1.82) is 5.26 Å². The van der Waals surface area contributed by atoms with E-state index in [9.17, 15) is 5.26 Å². The van der Waals surface area contributed by atoms with E-state index in [0.717, 1.165) is 28.0 Å². The summed E-state index contributed by atoms with van der Waals surface area (Å²) in [6.45, 7) is 11.1. The van der Waals surface area contributed by atoms with Crippen LogP contribution >= 0.6 is 11.9 Å². The van der Waals surface area contributed by atoms with Crippen LogP contribution in [0.5, 0.6) is 0 Å². The van der Waals surface area contributed by atoms with Gasteiger partial charge in [0.1, 0.15) is 0 Å². The zero-order valence-electron chi connectivity index (χ0n) is 24.1. The lowest BCUT2D eigenvalue weighted by Crippen LogP contribution is -2.25. The van der Waals surface area contributed by atoms with Crippen LogP contribution in [-0.2, 0) is 5.41 Å². The summed E-state index contributed by atoms with van der Waals surface area (Å²) >= 11 is 1.44. The molecule has 0 N–H and O–H groups in total. The van der Waals surface area contributed by atoms with E-state index in [4.69, 9.17) is 4.40 Å². The molecular formula is C36H42N2S. The third kappa shape index (κ3) is 5.78. The van der Waals surface area contributed by atoms with Gasteiger partial charge in [0.2, 0.25) is 0 Å². The first-order valence-corrected chi connectivity index (χ1v) is 15.8. The van der Waals surface area contributed by atoms with Crippen LogP contribution in [0, 0.1) is 11.3 Å². The minimum atomic E-state index is 0.0605. The van der Waals surface area contributed by atoms with Crippen molar-refractivity contribution in [3.8, 4) is 17.2 Å². The van der Waals surface area contributed by atoms with Gasteiger partial charge in [-0.15, -0.1) is 0 Å². The predicted octanol–water partition coefficient (Wildman–Crippen LogP) is 10.6. The molecule has 202 valence electrons. The number of unbranched alkanes of at least 4 members (excludes halogenated alkanes) is 4. The number of hydrogen-bond donors (Lipinski definition) is 0. The van der Waals surface area contributed by atoms with Gasteiger partial charge >= 0.3 is 0 Å². The summed E-state index contributed by atoms with van der Waals surface area (Å²) in [5.74, 6) is 0. The first kappa shape index (κ1) is 28.9. The number of rotatable bonds is 12. The summed E-state index contributed by atoms with van der Waals surface area (Å²) in [5.41, 5.74) is 11.7. The van der Waals surface area contributed by atoms with Gasteiger partial charge in [0.05, 0.1) is 11.8 Å². The highest BCUT2D eigenvalue weighted by Crippen LogP contribution is 2.54. The van der Waals surface area contributed by atoms with Crippen molar-refractivity contribution in [2.75, 3.05) is 6.26 Å². The molecule has 2 nitrogen and oxygen atoms in total. The second-order valence-corrected chi connectivity index (χ2v) is 11.3. The molecule has 1 unspecified atom stereocenters. The van der Waals surface area contributed by atoms with Gasteiger partial charge in [0.15, 0.2) is 0 Å². The Labute approximate surface area is 240 Å². The topological polar surface area (TPSA) is 36.1 Å². The van der Waals surface area contributed by atoms with Gasteiger partial charge < -0.3 is 0 Å². The van der Waals surface area contributed by atoms with Gasteiger partial charge in [-0.1, -0.05) is 114 Å². The van der Waals surface area contributed by atoms with Crippen LogP contribution < -0.4 is 0 Å². The zero-order valence-corrected chi connectivity index (χ0v) is 25.0. The van der Waals surface area contributed by atoms with Gasteiger partial charge in [-0.3, -0.25) is 0 Å². The van der Waals surface area contributed by atoms with Crippen molar-refractivity contribution in [3.63, 3.8) is 0 Å². The Kier molecular flexibility index (Phi) is 9.87. The monoisotopic (exact) mass is 534 g/mol. The number of fused-ring (bicyclic) bond motifs is 3. The maximum Gasteiger partial charge on any atom is 0.0947 e. The maximum atomic E-state index is 9.51. The summed E-state index contributed by atoms with van der Waals surface area (Å²) in [4.78, 5) is 0.